The first-order chi connectivity index (χ1) is 9.18. The summed E-state index contributed by atoms with van der Waals surface area (Å²) in [5.41, 5.74) is 6.63. The zero-order valence-electron chi connectivity index (χ0n) is 12.0. The van der Waals surface area contributed by atoms with Crippen LogP contribution in [-0.4, -0.2) is 9.97 Å². The van der Waals surface area contributed by atoms with Gasteiger partial charge >= 0.3 is 0 Å². The maximum atomic E-state index is 4.26. The second-order valence-electron chi connectivity index (χ2n) is 5.10. The molecule has 0 spiro atoms. The lowest BCUT2D eigenvalue weighted by atomic mass is 9.97. The van der Waals surface area contributed by atoms with Gasteiger partial charge < -0.3 is 4.98 Å². The van der Waals surface area contributed by atoms with Crippen LogP contribution in [0.25, 0.3) is 5.57 Å². The van der Waals surface area contributed by atoms with Gasteiger partial charge in [0.05, 0.1) is 12.0 Å². The second kappa shape index (κ2) is 6.37. The molecule has 0 radical (unpaired) electrons. The predicted molar refractivity (Wildman–Crippen MR) is 81.1 cm³/mol. The van der Waals surface area contributed by atoms with Crippen molar-refractivity contribution in [3.63, 3.8) is 0 Å². The van der Waals surface area contributed by atoms with Gasteiger partial charge in [0.1, 0.15) is 0 Å². The molecule has 0 bridgehead atoms. The summed E-state index contributed by atoms with van der Waals surface area (Å²) in [6, 6.07) is 6.54. The van der Waals surface area contributed by atoms with Crippen LogP contribution in [0.15, 0.2) is 36.8 Å². The molecule has 0 fully saturated rings. The number of hydrogen-bond donors (Lipinski definition) is 1. The molecule has 1 N–H and O–H groups in total. The van der Waals surface area contributed by atoms with Crippen molar-refractivity contribution in [3.05, 3.63) is 59.2 Å². The minimum atomic E-state index is 1.05. The number of allylic oxidation sites excluding steroid dienone is 2. The van der Waals surface area contributed by atoms with Crippen LogP contribution in [0, 0.1) is 13.8 Å². The molecule has 1 heterocycles. The highest BCUT2D eigenvalue weighted by atomic mass is 14.9. The summed E-state index contributed by atoms with van der Waals surface area (Å²) >= 11 is 0. The van der Waals surface area contributed by atoms with E-state index in [-0.39, 0.29) is 0 Å². The molecule has 100 valence electrons. The lowest BCUT2D eigenvalue weighted by Crippen LogP contribution is -1.93. The molecule has 0 amide bonds. The van der Waals surface area contributed by atoms with Crippen molar-refractivity contribution in [2.45, 2.75) is 40.0 Å². The number of H-pyrrole nitrogens is 1. The van der Waals surface area contributed by atoms with Crippen molar-refractivity contribution in [3.8, 4) is 0 Å². The third-order valence-electron chi connectivity index (χ3n) is 3.63. The average molecular weight is 254 g/mol. The normalized spacial score (nSPS) is 11.8. The van der Waals surface area contributed by atoms with Gasteiger partial charge in [-0.3, -0.25) is 0 Å². The number of imidazole rings is 1. The highest BCUT2D eigenvalue weighted by molar-refractivity contribution is 5.59. The standard InChI is InChI=1S/C17H22N2/c1-13-8-6-9-14(2)16(13)10-5-4-7-15(3)17-11-18-12-19-17/h6-9,11-12H,4-5,10H2,1-3H3,(H,18,19). The number of benzene rings is 1. The molecule has 1 aromatic carbocycles. The van der Waals surface area contributed by atoms with Gasteiger partial charge in [-0.15, -0.1) is 0 Å². The smallest absolute Gasteiger partial charge is 0.0927 e. The summed E-state index contributed by atoms with van der Waals surface area (Å²) in [4.78, 5) is 7.25. The molecule has 2 rings (SSSR count). The highest BCUT2D eigenvalue weighted by Crippen LogP contribution is 2.17. The largest absolute Gasteiger partial charge is 0.351 e. The average Bonchev–Trinajstić information content (AvgIpc) is 2.91. The van der Waals surface area contributed by atoms with Crippen molar-refractivity contribution in [2.24, 2.45) is 0 Å². The Hall–Kier alpha value is -1.83. The Bertz CT molecular complexity index is 530. The van der Waals surface area contributed by atoms with E-state index in [1.54, 1.807) is 6.33 Å². The van der Waals surface area contributed by atoms with Crippen molar-refractivity contribution in [2.75, 3.05) is 0 Å². The van der Waals surface area contributed by atoms with Gasteiger partial charge in [-0.25, -0.2) is 4.98 Å². The number of nitrogens with zero attached hydrogens (tertiary/aromatic N) is 1. The number of rotatable bonds is 5. The number of aromatic amines is 1. The van der Waals surface area contributed by atoms with E-state index in [0.29, 0.717) is 0 Å². The van der Waals surface area contributed by atoms with Gasteiger partial charge in [-0.2, -0.15) is 0 Å². The molecule has 2 aromatic rings. The predicted octanol–water partition coefficient (Wildman–Crippen LogP) is 4.45. The fourth-order valence-electron chi connectivity index (χ4n) is 2.42. The first-order valence-corrected chi connectivity index (χ1v) is 6.89. The number of unbranched alkanes of at least 4 members (excludes halogenated alkanes) is 1. The van der Waals surface area contributed by atoms with E-state index in [0.717, 1.165) is 18.5 Å². The summed E-state index contributed by atoms with van der Waals surface area (Å²) < 4.78 is 0. The Morgan fingerprint density at radius 1 is 1.26 bits per heavy atom. The quantitative estimate of drug-likeness (QED) is 0.784. The van der Waals surface area contributed by atoms with Crippen LogP contribution in [0.3, 0.4) is 0 Å². The van der Waals surface area contributed by atoms with Gasteiger partial charge in [0.2, 0.25) is 0 Å². The summed E-state index contributed by atoms with van der Waals surface area (Å²) in [6.07, 6.45) is 9.40. The van der Waals surface area contributed by atoms with E-state index in [2.05, 4.69) is 55.0 Å². The SMILES string of the molecule is CC(=CCCCc1c(C)cccc1C)c1c[nH]cn1. The third-order valence-corrected chi connectivity index (χ3v) is 3.63. The topological polar surface area (TPSA) is 28.7 Å². The minimum Gasteiger partial charge on any atom is -0.351 e. The lowest BCUT2D eigenvalue weighted by Gasteiger charge is -2.08. The Kier molecular flexibility index (Phi) is 4.56. The first kappa shape index (κ1) is 13.6. The number of nitrogens with one attached hydrogen (secondary N) is 1. The van der Waals surface area contributed by atoms with Crippen LogP contribution in [0.5, 0.6) is 0 Å². The molecular formula is C17H22N2. The van der Waals surface area contributed by atoms with Crippen LogP contribution < -0.4 is 0 Å². The van der Waals surface area contributed by atoms with Gasteiger partial charge in [0.25, 0.3) is 0 Å². The minimum absolute atomic E-state index is 1.05. The van der Waals surface area contributed by atoms with Crippen molar-refractivity contribution < 1.29 is 0 Å². The number of hydrogen-bond acceptors (Lipinski definition) is 1. The van der Waals surface area contributed by atoms with Crippen LogP contribution >= 0.6 is 0 Å². The Morgan fingerprint density at radius 3 is 2.63 bits per heavy atom. The molecule has 19 heavy (non-hydrogen) atoms. The Labute approximate surface area is 115 Å². The number of aryl methyl sites for hydroxylation is 2. The molecule has 0 unspecified atom stereocenters. The fraction of sp³-hybridized carbons (Fsp3) is 0.353. The Balaban J connectivity index is 1.89. The number of aromatic nitrogens is 2. The van der Waals surface area contributed by atoms with E-state index in [4.69, 9.17) is 0 Å². The molecular weight excluding hydrogens is 232 g/mol. The molecule has 2 nitrogen and oxygen atoms in total. The van der Waals surface area contributed by atoms with Crippen LogP contribution in [0.2, 0.25) is 0 Å². The summed E-state index contributed by atoms with van der Waals surface area (Å²) in [5.74, 6) is 0. The highest BCUT2D eigenvalue weighted by Gasteiger charge is 2.01. The van der Waals surface area contributed by atoms with Crippen molar-refractivity contribution in [1.82, 2.24) is 9.97 Å². The van der Waals surface area contributed by atoms with E-state index in [9.17, 15) is 0 Å². The maximum Gasteiger partial charge on any atom is 0.0927 e. The monoisotopic (exact) mass is 254 g/mol. The Morgan fingerprint density at radius 2 is 2.00 bits per heavy atom. The van der Waals surface area contributed by atoms with E-state index < -0.39 is 0 Å². The van der Waals surface area contributed by atoms with Gasteiger partial charge in [-0.1, -0.05) is 24.3 Å². The molecule has 2 heteroatoms. The van der Waals surface area contributed by atoms with Crippen molar-refractivity contribution in [1.29, 1.82) is 0 Å². The zero-order chi connectivity index (χ0) is 13.7. The second-order valence-corrected chi connectivity index (χ2v) is 5.10. The zero-order valence-corrected chi connectivity index (χ0v) is 12.0. The van der Waals surface area contributed by atoms with Gasteiger partial charge in [-0.05, 0) is 62.3 Å². The molecule has 0 aliphatic rings. The molecule has 0 saturated carbocycles. The molecule has 0 aliphatic carbocycles. The van der Waals surface area contributed by atoms with Gasteiger partial charge in [0, 0.05) is 6.20 Å². The first-order valence-electron chi connectivity index (χ1n) is 6.89. The third kappa shape index (κ3) is 3.57. The molecule has 0 aliphatic heterocycles. The van der Waals surface area contributed by atoms with Crippen LogP contribution in [0.4, 0.5) is 0 Å². The molecule has 0 saturated heterocycles. The van der Waals surface area contributed by atoms with E-state index in [1.165, 1.54) is 28.7 Å². The van der Waals surface area contributed by atoms with E-state index >= 15 is 0 Å². The van der Waals surface area contributed by atoms with Gasteiger partial charge in [0.15, 0.2) is 0 Å². The maximum absolute atomic E-state index is 4.26. The molecule has 1 aromatic heterocycles. The van der Waals surface area contributed by atoms with Crippen LogP contribution in [-0.2, 0) is 6.42 Å². The fourth-order valence-corrected chi connectivity index (χ4v) is 2.42. The summed E-state index contributed by atoms with van der Waals surface area (Å²) in [7, 11) is 0. The lowest BCUT2D eigenvalue weighted by molar-refractivity contribution is 0.832. The summed E-state index contributed by atoms with van der Waals surface area (Å²) in [6.45, 7) is 6.52. The van der Waals surface area contributed by atoms with E-state index in [1.807, 2.05) is 6.20 Å². The van der Waals surface area contributed by atoms with Crippen LogP contribution in [0.1, 0.15) is 42.1 Å². The van der Waals surface area contributed by atoms with Crippen molar-refractivity contribution >= 4 is 5.57 Å². The summed E-state index contributed by atoms with van der Waals surface area (Å²) in [5, 5.41) is 0. The molecule has 0 atom stereocenters.